The number of carbonyl (C=O) groups is 6. The number of cyclic esters (lactones) is 3. The second-order valence-electron chi connectivity index (χ2n) is 18.7. The Labute approximate surface area is 350 Å². The minimum Gasteiger partial charge on any atom is -0.478 e. The highest BCUT2D eigenvalue weighted by atomic mass is 16.6. The molecule has 0 aromatic heterocycles. The monoisotopic (exact) mass is 840 g/mol. The van der Waals surface area contributed by atoms with Crippen molar-refractivity contribution in [1.82, 2.24) is 0 Å². The van der Waals surface area contributed by atoms with Crippen molar-refractivity contribution in [1.29, 1.82) is 0 Å². The van der Waals surface area contributed by atoms with Gasteiger partial charge in [-0.05, 0) is 91.4 Å². The Morgan fingerprint density at radius 1 is 0.750 bits per heavy atom. The van der Waals surface area contributed by atoms with Gasteiger partial charge in [-0.2, -0.15) is 0 Å². The van der Waals surface area contributed by atoms with Crippen LogP contribution >= 0.6 is 0 Å². The lowest BCUT2D eigenvalue weighted by Gasteiger charge is -2.46. The number of ether oxygens (including phenoxy) is 5. The van der Waals surface area contributed by atoms with Crippen LogP contribution < -0.4 is 0 Å². The second-order valence-corrected chi connectivity index (χ2v) is 18.7. The highest BCUT2D eigenvalue weighted by molar-refractivity contribution is 5.94. The van der Waals surface area contributed by atoms with Crippen LogP contribution in [0.15, 0.2) is 46.1 Å². The Bertz CT molecular complexity index is 1870. The van der Waals surface area contributed by atoms with Crippen molar-refractivity contribution < 1.29 is 72.9 Å². The molecule has 2 fully saturated rings. The van der Waals surface area contributed by atoms with Gasteiger partial charge >= 0.3 is 35.8 Å². The summed E-state index contributed by atoms with van der Waals surface area (Å²) >= 11 is 0. The third-order valence-electron chi connectivity index (χ3n) is 14.2. The van der Waals surface area contributed by atoms with Gasteiger partial charge < -0.3 is 44.1 Å². The number of aliphatic carboxylic acids is 1. The lowest BCUT2D eigenvalue weighted by molar-refractivity contribution is -0.182. The maximum Gasteiger partial charge on any atom is 0.337 e. The van der Waals surface area contributed by atoms with Crippen LogP contribution in [0.1, 0.15) is 80.1 Å². The first-order valence-electron chi connectivity index (χ1n) is 21.3. The van der Waals surface area contributed by atoms with E-state index >= 15 is 0 Å². The standard InChI is InChI=1S/C45H60O15/c1-22(2)29-8-7-25-17-56-41(51)35(25)32(29)13-26(16-46)39(49)59-20-44(54)12-10-31(24(5)6)34-15-28(19-58-43(53)37(34)44)40(50)60-21-45(55)11-9-30(23(3)4)33-14-27(38(47)48)18-57-42(52)36(33)45/h13-15,22-24,29-34,36-37,46,54-55H,7-12,16-21H2,1-6H3,(H,47,48)/b26-13+/t29-,30-,31-,32-,33-,34-,36-,37-,44-,45-/m1/s1. The summed E-state index contributed by atoms with van der Waals surface area (Å²) in [6.45, 7) is 9.20. The molecule has 330 valence electrons. The quantitative estimate of drug-likeness (QED) is 0.125. The van der Waals surface area contributed by atoms with Gasteiger partial charge in [0.2, 0.25) is 0 Å². The van der Waals surface area contributed by atoms with Crippen LogP contribution in [-0.4, -0.2) is 107 Å². The van der Waals surface area contributed by atoms with Crippen molar-refractivity contribution in [3.63, 3.8) is 0 Å². The zero-order valence-electron chi connectivity index (χ0n) is 35.3. The van der Waals surface area contributed by atoms with Crippen LogP contribution in [0.3, 0.4) is 0 Å². The van der Waals surface area contributed by atoms with Gasteiger partial charge in [0.15, 0.2) is 0 Å². The first kappa shape index (κ1) is 45.2. The van der Waals surface area contributed by atoms with Crippen LogP contribution in [0.25, 0.3) is 0 Å². The molecule has 0 aromatic rings. The largest absolute Gasteiger partial charge is 0.478 e. The topological polar surface area (TPSA) is 229 Å². The molecule has 15 nitrogen and oxygen atoms in total. The van der Waals surface area contributed by atoms with E-state index in [2.05, 4.69) is 0 Å². The first-order chi connectivity index (χ1) is 28.3. The zero-order valence-corrected chi connectivity index (χ0v) is 35.3. The van der Waals surface area contributed by atoms with Crippen molar-refractivity contribution >= 4 is 35.8 Å². The summed E-state index contributed by atoms with van der Waals surface area (Å²) in [5.41, 5.74) is -2.65. The minimum absolute atomic E-state index is 0.00524. The molecule has 6 rings (SSSR count). The number of esters is 5. The number of rotatable bonds is 12. The highest BCUT2D eigenvalue weighted by Crippen LogP contribution is 2.50. The Morgan fingerprint density at radius 2 is 1.27 bits per heavy atom. The molecule has 3 aliphatic carbocycles. The minimum atomic E-state index is -1.92. The van der Waals surface area contributed by atoms with Crippen molar-refractivity contribution in [2.24, 2.45) is 65.1 Å². The number of aliphatic hydroxyl groups excluding tert-OH is 1. The molecule has 0 bridgehead atoms. The van der Waals surface area contributed by atoms with Crippen LogP contribution in [0, 0.1) is 65.1 Å². The van der Waals surface area contributed by atoms with Gasteiger partial charge in [0.1, 0.15) is 44.2 Å². The molecule has 3 aliphatic heterocycles. The number of carboxylic acids is 1. The molecule has 6 aliphatic rings. The van der Waals surface area contributed by atoms with Gasteiger partial charge in [-0.3, -0.25) is 9.59 Å². The van der Waals surface area contributed by atoms with E-state index in [-0.39, 0.29) is 71.7 Å². The van der Waals surface area contributed by atoms with E-state index < -0.39 is 110 Å². The molecular weight excluding hydrogens is 780 g/mol. The van der Waals surface area contributed by atoms with E-state index in [1.54, 1.807) is 12.2 Å². The molecule has 10 atom stereocenters. The van der Waals surface area contributed by atoms with E-state index in [4.69, 9.17) is 23.7 Å². The predicted octanol–water partition coefficient (Wildman–Crippen LogP) is 3.64. The molecule has 0 amide bonds. The van der Waals surface area contributed by atoms with Gasteiger partial charge in [-0.1, -0.05) is 59.8 Å². The van der Waals surface area contributed by atoms with E-state index in [1.165, 1.54) is 6.08 Å². The van der Waals surface area contributed by atoms with E-state index in [9.17, 15) is 49.2 Å². The SMILES string of the molecule is CC(C)[C@H]1CC[C@@](O)(COC(=O)C2=C[C@@H]3[C@@H](C(C)C)CC[C@@](O)(COC(=O)/C(=C/[C@H]4C5=C(CC[C@@H]4C(C)C)COC5=O)CO)[C@H]3C(=O)OC2)[C@H]2C(=O)OCC(C(=O)O)=C[C@H]12. The number of aliphatic hydroxyl groups is 3. The summed E-state index contributed by atoms with van der Waals surface area (Å²) < 4.78 is 27.6. The van der Waals surface area contributed by atoms with E-state index in [0.717, 1.165) is 12.0 Å². The van der Waals surface area contributed by atoms with Crippen molar-refractivity contribution in [2.75, 3.05) is 39.6 Å². The summed E-state index contributed by atoms with van der Waals surface area (Å²) in [5.74, 6) is -9.65. The summed E-state index contributed by atoms with van der Waals surface area (Å²) in [6.07, 6.45) is 7.04. The fourth-order valence-corrected chi connectivity index (χ4v) is 10.8. The predicted molar refractivity (Wildman–Crippen MR) is 211 cm³/mol. The molecular formula is C45H60O15. The fourth-order valence-electron chi connectivity index (χ4n) is 10.8. The summed E-state index contributed by atoms with van der Waals surface area (Å²) in [5, 5.41) is 44.2. The second kappa shape index (κ2) is 17.9. The van der Waals surface area contributed by atoms with Gasteiger partial charge in [0.25, 0.3) is 0 Å². The molecule has 3 heterocycles. The average molecular weight is 841 g/mol. The maximum absolute atomic E-state index is 13.8. The number of hydrogen-bond donors (Lipinski definition) is 4. The average Bonchev–Trinajstić information content (AvgIpc) is 3.34. The Balaban J connectivity index is 1.21. The van der Waals surface area contributed by atoms with Crippen LogP contribution in [0.4, 0.5) is 0 Å². The summed E-state index contributed by atoms with van der Waals surface area (Å²) in [6, 6.07) is 0. The number of allylic oxidation sites excluding steroid dienone is 3. The highest BCUT2D eigenvalue weighted by Gasteiger charge is 2.56. The first-order valence-corrected chi connectivity index (χ1v) is 21.3. The molecule has 60 heavy (non-hydrogen) atoms. The van der Waals surface area contributed by atoms with Gasteiger partial charge in [0.05, 0.1) is 35.2 Å². The Morgan fingerprint density at radius 3 is 1.78 bits per heavy atom. The lowest BCUT2D eigenvalue weighted by atomic mass is 9.61. The van der Waals surface area contributed by atoms with Crippen molar-refractivity contribution in [3.8, 4) is 0 Å². The summed E-state index contributed by atoms with van der Waals surface area (Å²) in [4.78, 5) is 79.3. The number of hydrogen-bond acceptors (Lipinski definition) is 14. The van der Waals surface area contributed by atoms with Crippen molar-refractivity contribution in [3.05, 3.63) is 46.1 Å². The maximum atomic E-state index is 13.8. The zero-order chi connectivity index (χ0) is 43.8. The third kappa shape index (κ3) is 8.85. The molecule has 15 heteroatoms. The molecule has 0 aromatic carbocycles. The smallest absolute Gasteiger partial charge is 0.337 e. The molecule has 2 saturated carbocycles. The Hall–Kier alpha value is -4.34. The molecule has 0 saturated heterocycles. The summed E-state index contributed by atoms with van der Waals surface area (Å²) in [7, 11) is 0. The number of carbonyl (C=O) groups excluding carboxylic acids is 5. The van der Waals surface area contributed by atoms with Crippen LogP contribution in [-0.2, 0) is 52.5 Å². The van der Waals surface area contributed by atoms with Gasteiger partial charge in [-0.25, -0.2) is 19.2 Å². The van der Waals surface area contributed by atoms with Crippen LogP contribution in [0.5, 0.6) is 0 Å². The Kier molecular flexibility index (Phi) is 13.5. The number of fused-ring (bicyclic) bond motifs is 2. The lowest BCUT2D eigenvalue weighted by Crippen LogP contribution is -2.55. The normalized spacial score (nSPS) is 34.6. The third-order valence-corrected chi connectivity index (χ3v) is 14.2. The molecule has 4 N–H and O–H groups in total. The molecule has 0 unspecified atom stereocenters. The van der Waals surface area contributed by atoms with Crippen LogP contribution in [0.2, 0.25) is 0 Å². The van der Waals surface area contributed by atoms with Gasteiger partial charge in [0, 0.05) is 11.5 Å². The van der Waals surface area contributed by atoms with E-state index in [1.807, 2.05) is 41.5 Å². The van der Waals surface area contributed by atoms with Crippen molar-refractivity contribution in [2.45, 2.75) is 91.3 Å². The van der Waals surface area contributed by atoms with E-state index in [0.29, 0.717) is 24.8 Å². The molecule has 0 radical (unpaired) electrons. The fraction of sp³-hybridized carbons (Fsp3) is 0.689. The van der Waals surface area contributed by atoms with Gasteiger partial charge in [-0.15, -0.1) is 0 Å². The molecule has 0 spiro atoms. The number of carboxylic acid groups (broad SMARTS) is 1.